The molecule has 1 aromatic carbocycles. The van der Waals surface area contributed by atoms with Crippen LogP contribution in [-0.2, 0) is 11.8 Å². The third kappa shape index (κ3) is 2.94. The summed E-state index contributed by atoms with van der Waals surface area (Å²) < 4.78 is 7.81. The van der Waals surface area contributed by atoms with Crippen molar-refractivity contribution in [3.63, 3.8) is 0 Å². The van der Waals surface area contributed by atoms with Gasteiger partial charge in [-0.3, -0.25) is 4.90 Å². The molecule has 0 atom stereocenters. The molecule has 3 nitrogen and oxygen atoms in total. The van der Waals surface area contributed by atoms with Crippen molar-refractivity contribution >= 4 is 40.7 Å². The average molecular weight is 342 g/mol. The maximum Gasteiger partial charge on any atom is 0.270 e. The largest absolute Gasteiger partial charge is 0.428 e. The molecule has 1 saturated heterocycles. The number of rotatable bonds is 3. The van der Waals surface area contributed by atoms with E-state index in [0.717, 1.165) is 11.4 Å². The highest BCUT2D eigenvalue weighted by Crippen LogP contribution is 2.26. The van der Waals surface area contributed by atoms with Crippen molar-refractivity contribution in [2.45, 2.75) is 19.9 Å². The van der Waals surface area contributed by atoms with Crippen molar-refractivity contribution in [3.8, 4) is 11.3 Å². The van der Waals surface area contributed by atoms with Crippen LogP contribution in [0.2, 0.25) is 0 Å². The number of hydrogen-bond acceptors (Lipinski definition) is 3. The highest BCUT2D eigenvalue weighted by atomic mass is 32.1. The summed E-state index contributed by atoms with van der Waals surface area (Å²) in [6.07, 6.45) is 1.95. The minimum Gasteiger partial charge on any atom is -0.428 e. The summed E-state index contributed by atoms with van der Waals surface area (Å²) in [5, 5.41) is 0.425. The smallest absolute Gasteiger partial charge is 0.270 e. The molecule has 0 N–H and O–H groups in total. The van der Waals surface area contributed by atoms with Crippen molar-refractivity contribution in [3.05, 3.63) is 53.9 Å². The maximum absolute atomic E-state index is 5.69. The minimum atomic E-state index is 0.189. The van der Waals surface area contributed by atoms with Crippen LogP contribution in [-0.4, -0.2) is 25.7 Å². The maximum atomic E-state index is 5.69. The lowest BCUT2D eigenvalue weighted by Crippen LogP contribution is -2.34. The quantitative estimate of drug-likeness (QED) is 0.608. The van der Waals surface area contributed by atoms with Gasteiger partial charge in [0.2, 0.25) is 0 Å². The highest BCUT2D eigenvalue weighted by Gasteiger charge is 2.31. The van der Waals surface area contributed by atoms with Crippen LogP contribution in [0.4, 0.5) is 0 Å². The second kappa shape index (κ2) is 6.26. The molecule has 2 heterocycles. The molecule has 5 heteroatoms. The van der Waals surface area contributed by atoms with Gasteiger partial charge in [-0.05, 0) is 43.8 Å². The summed E-state index contributed by atoms with van der Waals surface area (Å²) in [5.74, 6) is 0.638. The summed E-state index contributed by atoms with van der Waals surface area (Å²) in [4.78, 5) is 2.50. The van der Waals surface area contributed by atoms with Crippen LogP contribution >= 0.6 is 24.4 Å². The zero-order valence-corrected chi connectivity index (χ0v) is 14.9. The van der Waals surface area contributed by atoms with Gasteiger partial charge in [0.1, 0.15) is 0 Å². The van der Waals surface area contributed by atoms with Gasteiger partial charge < -0.3 is 9.30 Å². The van der Waals surface area contributed by atoms with E-state index in [2.05, 4.69) is 28.8 Å². The van der Waals surface area contributed by atoms with Crippen molar-refractivity contribution < 1.29 is 4.74 Å². The SMILES string of the molecule is CC(C)N1C(=S)OC(=Cc2ccc(-c3ccccc3)n2C)C1=S. The number of hydrogen-bond donors (Lipinski definition) is 0. The van der Waals surface area contributed by atoms with E-state index in [0.29, 0.717) is 15.9 Å². The molecular weight excluding hydrogens is 324 g/mol. The molecule has 2 aromatic rings. The Bertz CT molecular complexity index is 791. The predicted molar refractivity (Wildman–Crippen MR) is 102 cm³/mol. The Labute approximate surface area is 147 Å². The van der Waals surface area contributed by atoms with Crippen molar-refractivity contribution in [1.29, 1.82) is 0 Å². The van der Waals surface area contributed by atoms with Gasteiger partial charge in [-0.25, -0.2) is 0 Å². The number of aromatic nitrogens is 1. The predicted octanol–water partition coefficient (Wildman–Crippen LogP) is 4.39. The Kier molecular flexibility index (Phi) is 4.33. The molecule has 0 unspecified atom stereocenters. The lowest BCUT2D eigenvalue weighted by atomic mass is 10.2. The second-order valence-corrected chi connectivity index (χ2v) is 6.45. The first kappa shape index (κ1) is 15.9. The molecule has 0 spiro atoms. The van der Waals surface area contributed by atoms with Crippen LogP contribution in [0.1, 0.15) is 19.5 Å². The Morgan fingerprint density at radius 2 is 1.74 bits per heavy atom. The fourth-order valence-electron chi connectivity index (χ4n) is 2.63. The Balaban J connectivity index is 1.94. The van der Waals surface area contributed by atoms with Crippen LogP contribution in [0.15, 0.2) is 48.2 Å². The van der Waals surface area contributed by atoms with E-state index in [1.54, 1.807) is 0 Å². The van der Waals surface area contributed by atoms with E-state index in [9.17, 15) is 0 Å². The first-order valence-corrected chi connectivity index (χ1v) is 8.29. The zero-order valence-electron chi connectivity index (χ0n) is 13.3. The Morgan fingerprint density at radius 3 is 2.35 bits per heavy atom. The molecule has 0 radical (unpaired) electrons. The molecule has 1 aromatic heterocycles. The van der Waals surface area contributed by atoms with Gasteiger partial charge >= 0.3 is 0 Å². The molecule has 0 saturated carbocycles. The van der Waals surface area contributed by atoms with E-state index >= 15 is 0 Å². The summed E-state index contributed by atoms with van der Waals surface area (Å²) in [6, 6.07) is 14.6. The molecule has 0 aliphatic carbocycles. The second-order valence-electron chi connectivity index (χ2n) is 5.71. The highest BCUT2D eigenvalue weighted by molar-refractivity contribution is 7.82. The average Bonchev–Trinajstić information content (AvgIpc) is 3.01. The number of ether oxygens (including phenoxy) is 1. The summed E-state index contributed by atoms with van der Waals surface area (Å²) in [7, 11) is 2.03. The Morgan fingerprint density at radius 1 is 1.04 bits per heavy atom. The van der Waals surface area contributed by atoms with E-state index in [4.69, 9.17) is 29.2 Å². The van der Waals surface area contributed by atoms with Crippen LogP contribution in [0.5, 0.6) is 0 Å². The third-order valence-corrected chi connectivity index (χ3v) is 4.53. The molecule has 1 aliphatic heterocycles. The fourth-order valence-corrected chi connectivity index (χ4v) is 3.47. The minimum absolute atomic E-state index is 0.189. The molecule has 3 rings (SSSR count). The van der Waals surface area contributed by atoms with Gasteiger partial charge in [0, 0.05) is 30.6 Å². The molecule has 0 bridgehead atoms. The van der Waals surface area contributed by atoms with Gasteiger partial charge in [0.25, 0.3) is 5.17 Å². The molecule has 118 valence electrons. The monoisotopic (exact) mass is 342 g/mol. The molecule has 1 fully saturated rings. The lowest BCUT2D eigenvalue weighted by Gasteiger charge is -2.18. The van der Waals surface area contributed by atoms with Gasteiger partial charge in [-0.15, -0.1) is 0 Å². The lowest BCUT2D eigenvalue weighted by molar-refractivity contribution is 0.414. The first-order chi connectivity index (χ1) is 11.0. The topological polar surface area (TPSA) is 17.4 Å². The van der Waals surface area contributed by atoms with Crippen LogP contribution < -0.4 is 0 Å². The summed E-state index contributed by atoms with van der Waals surface area (Å²) in [6.45, 7) is 4.09. The number of nitrogens with zero attached hydrogens (tertiary/aromatic N) is 2. The van der Waals surface area contributed by atoms with Crippen molar-refractivity contribution in [1.82, 2.24) is 9.47 Å². The molecular formula is C18H18N2OS2. The van der Waals surface area contributed by atoms with Gasteiger partial charge in [-0.2, -0.15) is 0 Å². The van der Waals surface area contributed by atoms with E-state index in [1.807, 2.05) is 50.1 Å². The Hall–Kier alpha value is -1.98. The van der Waals surface area contributed by atoms with Crippen LogP contribution in [0, 0.1) is 0 Å². The summed E-state index contributed by atoms with van der Waals surface area (Å²) >= 11 is 10.8. The first-order valence-electron chi connectivity index (χ1n) is 7.47. The molecule has 1 aliphatic rings. The standard InChI is InChI=1S/C18H18N2OS2/c1-12(2)20-17(22)16(21-18(20)23)11-14-9-10-15(19(14)3)13-7-5-4-6-8-13/h4-12H,1-3H3. The molecule has 0 amide bonds. The zero-order chi connectivity index (χ0) is 16.6. The van der Waals surface area contributed by atoms with Crippen LogP contribution in [0.25, 0.3) is 17.3 Å². The van der Waals surface area contributed by atoms with Gasteiger partial charge in [0.05, 0.1) is 0 Å². The van der Waals surface area contributed by atoms with Gasteiger partial charge in [-0.1, -0.05) is 42.5 Å². The van der Waals surface area contributed by atoms with Crippen LogP contribution in [0.3, 0.4) is 0 Å². The third-order valence-electron chi connectivity index (χ3n) is 3.85. The van der Waals surface area contributed by atoms with Gasteiger partial charge in [0.15, 0.2) is 10.7 Å². The van der Waals surface area contributed by atoms with Crippen molar-refractivity contribution in [2.24, 2.45) is 7.05 Å². The molecule has 23 heavy (non-hydrogen) atoms. The summed E-state index contributed by atoms with van der Waals surface area (Å²) in [5.41, 5.74) is 3.34. The van der Waals surface area contributed by atoms with E-state index < -0.39 is 0 Å². The fraction of sp³-hybridized carbons (Fsp3) is 0.222. The normalized spacial score (nSPS) is 16.5. The van der Waals surface area contributed by atoms with E-state index in [-0.39, 0.29) is 6.04 Å². The van der Waals surface area contributed by atoms with Crippen molar-refractivity contribution in [2.75, 3.05) is 0 Å². The van der Waals surface area contributed by atoms with E-state index in [1.165, 1.54) is 5.56 Å². The number of benzene rings is 1. The number of thiocarbonyl (C=S) groups is 2.